The number of amides is 2. The van der Waals surface area contributed by atoms with E-state index in [2.05, 4.69) is 41.3 Å². The van der Waals surface area contributed by atoms with Crippen molar-refractivity contribution in [3.63, 3.8) is 0 Å². The minimum atomic E-state index is -0.648. The number of Topliss-reactive ketones (excluding diaryl/α,β-unsaturated/α-hetero) is 1. The first-order valence-electron chi connectivity index (χ1n) is 12.7. The van der Waals surface area contributed by atoms with Gasteiger partial charge in [-0.15, -0.1) is 0 Å². The summed E-state index contributed by atoms with van der Waals surface area (Å²) < 4.78 is 2.15. The maximum atomic E-state index is 13.7. The van der Waals surface area contributed by atoms with E-state index in [1.54, 1.807) is 40.2 Å². The summed E-state index contributed by atoms with van der Waals surface area (Å²) in [6.07, 6.45) is 4.00. The molecule has 0 spiro atoms. The zero-order valence-electron chi connectivity index (χ0n) is 22.1. The molecule has 0 aliphatic carbocycles. The predicted octanol–water partition coefficient (Wildman–Crippen LogP) is 4.43. The van der Waals surface area contributed by atoms with E-state index in [9.17, 15) is 14.4 Å². The van der Waals surface area contributed by atoms with Gasteiger partial charge in [0.05, 0.1) is 5.52 Å². The second-order valence-electron chi connectivity index (χ2n) is 9.92. The van der Waals surface area contributed by atoms with Crippen molar-refractivity contribution in [1.29, 1.82) is 0 Å². The summed E-state index contributed by atoms with van der Waals surface area (Å²) in [6.45, 7) is 7.15. The SMILES string of the molecule is CC(=O)c1nn(CC(=O)N2[C@H](C)[C@H](C)C[C@H]2C(=O)Nc2cccc(Br)n2)c2ccc(-c3cnc(C)nc3)cc12. The number of carbonyl (C=O) groups is 3. The van der Waals surface area contributed by atoms with Gasteiger partial charge < -0.3 is 10.2 Å². The van der Waals surface area contributed by atoms with Crippen LogP contribution >= 0.6 is 15.9 Å². The maximum absolute atomic E-state index is 13.7. The molecule has 39 heavy (non-hydrogen) atoms. The number of anilines is 1. The van der Waals surface area contributed by atoms with Crippen molar-refractivity contribution in [3.8, 4) is 11.1 Å². The molecule has 5 rings (SSSR count). The molecule has 0 saturated carbocycles. The number of hydrogen-bond acceptors (Lipinski definition) is 7. The molecular weight excluding hydrogens is 562 g/mol. The second-order valence-corrected chi connectivity index (χ2v) is 10.7. The molecule has 0 radical (unpaired) electrons. The molecule has 4 aromatic rings. The molecule has 200 valence electrons. The van der Waals surface area contributed by atoms with Crippen LogP contribution < -0.4 is 5.32 Å². The Hall–Kier alpha value is -3.99. The summed E-state index contributed by atoms with van der Waals surface area (Å²) in [5.74, 6) is 0.468. The van der Waals surface area contributed by atoms with E-state index < -0.39 is 6.04 Å². The third-order valence-electron chi connectivity index (χ3n) is 7.23. The molecule has 3 atom stereocenters. The van der Waals surface area contributed by atoms with Crippen LogP contribution in [0.15, 0.2) is 53.4 Å². The number of fused-ring (bicyclic) bond motifs is 1. The first-order valence-corrected chi connectivity index (χ1v) is 13.5. The lowest BCUT2D eigenvalue weighted by atomic mass is 10.0. The standard InChI is InChI=1S/C28H28BrN7O3/c1-15-10-23(28(39)33-25-7-5-6-24(29)32-25)36(16(15)2)26(38)14-35-22-9-8-19(20-12-30-18(4)31-13-20)11-21(22)27(34-35)17(3)37/h5-9,11-13,15-16,23H,10,14H2,1-4H3,(H,32,33,39)/t15-,16-,23+/m1/s1. The highest BCUT2D eigenvalue weighted by Gasteiger charge is 2.43. The first kappa shape index (κ1) is 26.6. The summed E-state index contributed by atoms with van der Waals surface area (Å²) >= 11 is 3.31. The van der Waals surface area contributed by atoms with Crippen molar-refractivity contribution >= 4 is 50.2 Å². The van der Waals surface area contributed by atoms with Gasteiger partial charge in [0, 0.05) is 36.3 Å². The summed E-state index contributed by atoms with van der Waals surface area (Å²) in [6, 6.07) is 10.1. The highest BCUT2D eigenvalue weighted by molar-refractivity contribution is 9.10. The molecule has 11 heteroatoms. The van der Waals surface area contributed by atoms with E-state index in [0.29, 0.717) is 33.6 Å². The monoisotopic (exact) mass is 589 g/mol. The average molecular weight is 590 g/mol. The molecule has 3 aromatic heterocycles. The largest absolute Gasteiger partial charge is 0.326 e. The second kappa shape index (κ2) is 10.6. The van der Waals surface area contributed by atoms with Gasteiger partial charge in [0.15, 0.2) is 5.78 Å². The molecule has 4 heterocycles. The van der Waals surface area contributed by atoms with Gasteiger partial charge in [-0.2, -0.15) is 5.10 Å². The summed E-state index contributed by atoms with van der Waals surface area (Å²) in [4.78, 5) is 53.9. The molecular formula is C28H28BrN7O3. The summed E-state index contributed by atoms with van der Waals surface area (Å²) in [5, 5.41) is 7.99. The Labute approximate surface area is 234 Å². The Morgan fingerprint density at radius 3 is 2.51 bits per heavy atom. The smallest absolute Gasteiger partial charge is 0.248 e. The van der Waals surface area contributed by atoms with Crippen molar-refractivity contribution in [2.75, 3.05) is 5.32 Å². The number of aryl methyl sites for hydroxylation is 1. The van der Waals surface area contributed by atoms with Crippen LogP contribution in [0.1, 0.15) is 43.5 Å². The number of pyridine rings is 1. The fourth-order valence-electron chi connectivity index (χ4n) is 5.03. The van der Waals surface area contributed by atoms with E-state index in [-0.39, 0.29) is 41.8 Å². The van der Waals surface area contributed by atoms with Crippen LogP contribution in [0.5, 0.6) is 0 Å². The lowest BCUT2D eigenvalue weighted by Gasteiger charge is -2.28. The fourth-order valence-corrected chi connectivity index (χ4v) is 5.38. The Bertz CT molecular complexity index is 1580. The van der Waals surface area contributed by atoms with Gasteiger partial charge in [0.1, 0.15) is 34.5 Å². The van der Waals surface area contributed by atoms with E-state index in [1.165, 1.54) is 6.92 Å². The number of likely N-dealkylation sites (tertiary alicyclic amines) is 1. The maximum Gasteiger partial charge on any atom is 0.248 e. The predicted molar refractivity (Wildman–Crippen MR) is 150 cm³/mol. The van der Waals surface area contributed by atoms with Crippen molar-refractivity contribution in [3.05, 3.63) is 64.9 Å². The normalized spacial score (nSPS) is 18.9. The van der Waals surface area contributed by atoms with Crippen LogP contribution in [-0.2, 0) is 16.1 Å². The zero-order valence-corrected chi connectivity index (χ0v) is 23.6. The van der Waals surface area contributed by atoms with E-state index in [1.807, 2.05) is 39.0 Å². The number of rotatable bonds is 6. The molecule has 0 unspecified atom stereocenters. The van der Waals surface area contributed by atoms with Gasteiger partial charge in [-0.3, -0.25) is 19.1 Å². The summed E-state index contributed by atoms with van der Waals surface area (Å²) in [7, 11) is 0. The van der Waals surface area contributed by atoms with Gasteiger partial charge >= 0.3 is 0 Å². The van der Waals surface area contributed by atoms with E-state index in [4.69, 9.17) is 0 Å². The molecule has 1 aliphatic rings. The highest BCUT2D eigenvalue weighted by atomic mass is 79.9. The molecule has 2 amide bonds. The Morgan fingerprint density at radius 1 is 1.08 bits per heavy atom. The first-order chi connectivity index (χ1) is 18.6. The van der Waals surface area contributed by atoms with E-state index >= 15 is 0 Å². The Morgan fingerprint density at radius 2 is 1.82 bits per heavy atom. The van der Waals surface area contributed by atoms with Crippen molar-refractivity contribution in [2.45, 2.75) is 52.7 Å². The minimum absolute atomic E-state index is 0.104. The number of nitrogens with zero attached hydrogens (tertiary/aromatic N) is 6. The lowest BCUT2D eigenvalue weighted by Crippen LogP contribution is -2.47. The van der Waals surface area contributed by atoms with Crippen molar-refractivity contribution < 1.29 is 14.4 Å². The highest BCUT2D eigenvalue weighted by Crippen LogP contribution is 2.32. The van der Waals surface area contributed by atoms with E-state index in [0.717, 1.165) is 11.1 Å². The van der Waals surface area contributed by atoms with Crippen LogP contribution in [0, 0.1) is 12.8 Å². The molecule has 1 aromatic carbocycles. The molecule has 0 bridgehead atoms. The number of benzene rings is 1. The molecule has 1 aliphatic heterocycles. The number of ketones is 1. The number of nitrogens with one attached hydrogen (secondary N) is 1. The average Bonchev–Trinajstić information content (AvgIpc) is 3.41. The third-order valence-corrected chi connectivity index (χ3v) is 7.68. The topological polar surface area (TPSA) is 123 Å². The molecule has 10 nitrogen and oxygen atoms in total. The molecule has 1 fully saturated rings. The zero-order chi connectivity index (χ0) is 27.8. The molecule has 1 saturated heterocycles. The lowest BCUT2D eigenvalue weighted by molar-refractivity contribution is -0.139. The van der Waals surface area contributed by atoms with Gasteiger partial charge in [-0.05, 0) is 71.9 Å². The van der Waals surface area contributed by atoms with Crippen LogP contribution in [0.3, 0.4) is 0 Å². The van der Waals surface area contributed by atoms with Crippen molar-refractivity contribution in [1.82, 2.24) is 29.6 Å². The van der Waals surface area contributed by atoms with Crippen LogP contribution in [0.2, 0.25) is 0 Å². The van der Waals surface area contributed by atoms with Gasteiger partial charge in [-0.1, -0.05) is 19.1 Å². The third kappa shape index (κ3) is 5.31. The Balaban J connectivity index is 1.43. The number of carbonyl (C=O) groups excluding carboxylic acids is 3. The molecule has 1 N–H and O–H groups in total. The van der Waals surface area contributed by atoms with Crippen LogP contribution in [0.4, 0.5) is 5.82 Å². The van der Waals surface area contributed by atoms with Gasteiger partial charge in [0.25, 0.3) is 0 Å². The fraction of sp³-hybridized carbons (Fsp3) is 0.321. The number of halogens is 1. The van der Waals surface area contributed by atoms with Gasteiger partial charge in [-0.25, -0.2) is 15.0 Å². The van der Waals surface area contributed by atoms with Crippen molar-refractivity contribution in [2.24, 2.45) is 5.92 Å². The van der Waals surface area contributed by atoms with Gasteiger partial charge in [0.2, 0.25) is 11.8 Å². The van der Waals surface area contributed by atoms with Crippen LogP contribution in [-0.4, -0.2) is 59.3 Å². The summed E-state index contributed by atoms with van der Waals surface area (Å²) in [5.41, 5.74) is 2.60. The quantitative estimate of drug-likeness (QED) is 0.261. The minimum Gasteiger partial charge on any atom is -0.326 e. The number of hydrogen-bond donors (Lipinski definition) is 1. The van der Waals surface area contributed by atoms with Crippen LogP contribution in [0.25, 0.3) is 22.0 Å². The Kier molecular flexibility index (Phi) is 7.26. The number of aromatic nitrogens is 5.